The van der Waals surface area contributed by atoms with Crippen molar-refractivity contribution in [1.29, 1.82) is 0 Å². The summed E-state index contributed by atoms with van der Waals surface area (Å²) in [6, 6.07) is 0. The summed E-state index contributed by atoms with van der Waals surface area (Å²) in [5.41, 5.74) is 0. The molecule has 0 aliphatic carbocycles. The summed E-state index contributed by atoms with van der Waals surface area (Å²) >= 11 is 0. The van der Waals surface area contributed by atoms with E-state index in [4.69, 9.17) is 9.47 Å². The van der Waals surface area contributed by atoms with Gasteiger partial charge in [0, 0.05) is 19.0 Å². The van der Waals surface area contributed by atoms with Crippen molar-refractivity contribution >= 4 is 0 Å². The van der Waals surface area contributed by atoms with Crippen LogP contribution in [0.15, 0.2) is 0 Å². The lowest BCUT2D eigenvalue weighted by Gasteiger charge is -2.40. The SMILES string of the molecule is CCCCC1CCN(C2OCC(CCCC)CO2)CC1. The van der Waals surface area contributed by atoms with E-state index >= 15 is 0 Å². The molecule has 20 heavy (non-hydrogen) atoms. The van der Waals surface area contributed by atoms with Crippen molar-refractivity contribution < 1.29 is 9.47 Å². The molecule has 2 heterocycles. The largest absolute Gasteiger partial charge is 0.339 e. The minimum Gasteiger partial charge on any atom is -0.339 e. The fourth-order valence-corrected chi connectivity index (χ4v) is 3.35. The molecule has 0 aromatic carbocycles. The lowest BCUT2D eigenvalue weighted by Crippen LogP contribution is -2.48. The molecule has 0 amide bonds. The van der Waals surface area contributed by atoms with Gasteiger partial charge in [-0.1, -0.05) is 46.0 Å². The second-order valence-electron chi connectivity index (χ2n) is 6.60. The number of piperidine rings is 1. The van der Waals surface area contributed by atoms with Gasteiger partial charge in [-0.25, -0.2) is 0 Å². The van der Waals surface area contributed by atoms with Crippen molar-refractivity contribution in [2.24, 2.45) is 11.8 Å². The molecule has 3 nitrogen and oxygen atoms in total. The zero-order chi connectivity index (χ0) is 14.2. The van der Waals surface area contributed by atoms with Crippen LogP contribution in [0.5, 0.6) is 0 Å². The van der Waals surface area contributed by atoms with Crippen molar-refractivity contribution in [3.8, 4) is 0 Å². The highest BCUT2D eigenvalue weighted by Crippen LogP contribution is 2.26. The number of nitrogens with zero attached hydrogens (tertiary/aromatic N) is 1. The molecule has 0 unspecified atom stereocenters. The van der Waals surface area contributed by atoms with Crippen molar-refractivity contribution in [2.75, 3.05) is 26.3 Å². The van der Waals surface area contributed by atoms with Crippen LogP contribution in [0.3, 0.4) is 0 Å². The number of rotatable bonds is 7. The minimum absolute atomic E-state index is 0.0556. The average molecular weight is 283 g/mol. The van der Waals surface area contributed by atoms with Gasteiger partial charge in [-0.05, 0) is 25.2 Å². The minimum atomic E-state index is -0.0556. The molecule has 2 saturated heterocycles. The molecule has 0 aromatic rings. The molecule has 118 valence electrons. The van der Waals surface area contributed by atoms with Gasteiger partial charge in [-0.15, -0.1) is 0 Å². The molecule has 2 aliphatic rings. The summed E-state index contributed by atoms with van der Waals surface area (Å²) in [5.74, 6) is 1.56. The molecule has 3 heteroatoms. The molecule has 0 N–H and O–H groups in total. The molecule has 2 fully saturated rings. The first-order valence-corrected chi connectivity index (χ1v) is 8.80. The molecular formula is C17H33NO2. The Morgan fingerprint density at radius 3 is 1.95 bits per heavy atom. The number of ether oxygens (including phenoxy) is 2. The monoisotopic (exact) mass is 283 g/mol. The third-order valence-corrected chi connectivity index (χ3v) is 4.83. The van der Waals surface area contributed by atoms with Crippen molar-refractivity contribution in [1.82, 2.24) is 4.90 Å². The van der Waals surface area contributed by atoms with Gasteiger partial charge in [-0.3, -0.25) is 4.90 Å². The first-order chi connectivity index (χ1) is 9.83. The predicted octanol–water partition coefficient (Wildman–Crippen LogP) is 4.03. The predicted molar refractivity (Wildman–Crippen MR) is 82.5 cm³/mol. The molecule has 2 aliphatic heterocycles. The Morgan fingerprint density at radius 2 is 1.40 bits per heavy atom. The van der Waals surface area contributed by atoms with Crippen LogP contribution in [-0.2, 0) is 9.47 Å². The van der Waals surface area contributed by atoms with Crippen molar-refractivity contribution in [2.45, 2.75) is 71.6 Å². The Hall–Kier alpha value is -0.120. The zero-order valence-electron chi connectivity index (χ0n) is 13.5. The second kappa shape index (κ2) is 9.01. The van der Waals surface area contributed by atoms with Crippen LogP contribution in [0, 0.1) is 11.8 Å². The normalized spacial score (nSPS) is 29.7. The molecular weight excluding hydrogens is 250 g/mol. The third kappa shape index (κ3) is 5.01. The van der Waals surface area contributed by atoms with E-state index < -0.39 is 0 Å². The van der Waals surface area contributed by atoms with Gasteiger partial charge in [0.05, 0.1) is 13.2 Å². The standard InChI is InChI=1S/C17H33NO2/c1-3-5-7-15-9-11-18(12-10-15)17-19-13-16(14-20-17)8-6-4-2/h15-17H,3-14H2,1-2H3. The van der Waals surface area contributed by atoms with Crippen LogP contribution in [-0.4, -0.2) is 37.6 Å². The lowest BCUT2D eigenvalue weighted by atomic mass is 9.92. The van der Waals surface area contributed by atoms with E-state index in [0.717, 1.165) is 32.2 Å². The summed E-state index contributed by atoms with van der Waals surface area (Å²) in [4.78, 5) is 2.40. The first kappa shape index (κ1) is 16.3. The molecule has 0 radical (unpaired) electrons. The van der Waals surface area contributed by atoms with Crippen LogP contribution < -0.4 is 0 Å². The van der Waals surface area contributed by atoms with Gasteiger partial charge < -0.3 is 9.47 Å². The van der Waals surface area contributed by atoms with Gasteiger partial charge in [-0.2, -0.15) is 0 Å². The second-order valence-corrected chi connectivity index (χ2v) is 6.60. The molecule has 0 spiro atoms. The summed E-state index contributed by atoms with van der Waals surface area (Å²) in [6.07, 6.45) is 10.5. The van der Waals surface area contributed by atoms with E-state index in [1.165, 1.54) is 51.4 Å². The summed E-state index contributed by atoms with van der Waals surface area (Å²) in [7, 11) is 0. The maximum atomic E-state index is 5.95. The molecule has 0 saturated carbocycles. The molecule has 0 bridgehead atoms. The van der Waals surface area contributed by atoms with E-state index in [2.05, 4.69) is 18.7 Å². The van der Waals surface area contributed by atoms with Crippen LogP contribution in [0.2, 0.25) is 0 Å². The molecule has 0 atom stereocenters. The smallest absolute Gasteiger partial charge is 0.218 e. The number of likely N-dealkylation sites (tertiary alicyclic amines) is 1. The third-order valence-electron chi connectivity index (χ3n) is 4.83. The Bertz CT molecular complexity index is 217. The van der Waals surface area contributed by atoms with E-state index in [0.29, 0.717) is 5.92 Å². The Labute approximate surface area is 125 Å². The first-order valence-electron chi connectivity index (χ1n) is 8.80. The summed E-state index contributed by atoms with van der Waals surface area (Å²) in [5, 5.41) is 0. The maximum Gasteiger partial charge on any atom is 0.218 e. The van der Waals surface area contributed by atoms with E-state index in [-0.39, 0.29) is 6.41 Å². The van der Waals surface area contributed by atoms with Crippen molar-refractivity contribution in [3.63, 3.8) is 0 Å². The highest BCUT2D eigenvalue weighted by molar-refractivity contribution is 4.74. The van der Waals surface area contributed by atoms with Gasteiger partial charge >= 0.3 is 0 Å². The average Bonchev–Trinajstić information content (AvgIpc) is 2.52. The van der Waals surface area contributed by atoms with Crippen LogP contribution in [0.4, 0.5) is 0 Å². The Kier molecular flexibility index (Phi) is 7.32. The van der Waals surface area contributed by atoms with E-state index in [9.17, 15) is 0 Å². The van der Waals surface area contributed by atoms with E-state index in [1.54, 1.807) is 0 Å². The van der Waals surface area contributed by atoms with Crippen LogP contribution >= 0.6 is 0 Å². The summed E-state index contributed by atoms with van der Waals surface area (Å²) in [6.45, 7) is 8.61. The maximum absolute atomic E-state index is 5.95. The number of unbranched alkanes of at least 4 members (excludes halogenated alkanes) is 2. The fourth-order valence-electron chi connectivity index (χ4n) is 3.35. The molecule has 2 rings (SSSR count). The van der Waals surface area contributed by atoms with Gasteiger partial charge in [0.2, 0.25) is 6.41 Å². The van der Waals surface area contributed by atoms with E-state index in [1.807, 2.05) is 0 Å². The Balaban J connectivity index is 1.63. The van der Waals surface area contributed by atoms with Gasteiger partial charge in [0.1, 0.15) is 0 Å². The lowest BCUT2D eigenvalue weighted by molar-refractivity contribution is -0.272. The quantitative estimate of drug-likeness (QED) is 0.704. The highest BCUT2D eigenvalue weighted by atomic mass is 16.7. The fraction of sp³-hybridized carbons (Fsp3) is 1.00. The zero-order valence-corrected chi connectivity index (χ0v) is 13.5. The van der Waals surface area contributed by atoms with Gasteiger partial charge in [0.15, 0.2) is 0 Å². The number of hydrogen-bond acceptors (Lipinski definition) is 3. The Morgan fingerprint density at radius 1 is 0.850 bits per heavy atom. The number of hydrogen-bond donors (Lipinski definition) is 0. The van der Waals surface area contributed by atoms with Crippen LogP contribution in [0.1, 0.15) is 65.2 Å². The summed E-state index contributed by atoms with van der Waals surface area (Å²) < 4.78 is 11.9. The van der Waals surface area contributed by atoms with Crippen molar-refractivity contribution in [3.05, 3.63) is 0 Å². The van der Waals surface area contributed by atoms with Gasteiger partial charge in [0.25, 0.3) is 0 Å². The highest BCUT2D eigenvalue weighted by Gasteiger charge is 2.29. The topological polar surface area (TPSA) is 21.7 Å². The molecule has 0 aromatic heterocycles. The van der Waals surface area contributed by atoms with Crippen LogP contribution in [0.25, 0.3) is 0 Å².